The Morgan fingerprint density at radius 1 is 1.26 bits per heavy atom. The van der Waals surface area contributed by atoms with Crippen molar-refractivity contribution in [2.45, 2.75) is 50.7 Å². The first kappa shape index (κ1) is 17.9. The summed E-state index contributed by atoms with van der Waals surface area (Å²) < 4.78 is 10.3. The van der Waals surface area contributed by atoms with Crippen molar-refractivity contribution in [2.75, 3.05) is 13.9 Å². The van der Waals surface area contributed by atoms with E-state index in [1.165, 1.54) is 0 Å². The van der Waals surface area contributed by atoms with Gasteiger partial charge in [-0.15, -0.1) is 0 Å². The second-order valence-corrected chi connectivity index (χ2v) is 6.22. The monoisotopic (exact) mass is 322 g/mol. The zero-order valence-corrected chi connectivity index (χ0v) is 13.6. The number of aryl methyl sites for hydroxylation is 1. The summed E-state index contributed by atoms with van der Waals surface area (Å²) in [5.74, 6) is 0.796. The van der Waals surface area contributed by atoms with Gasteiger partial charge < -0.3 is 19.7 Å². The molecule has 128 valence electrons. The van der Waals surface area contributed by atoms with Crippen LogP contribution in [-0.2, 0) is 16.0 Å². The fourth-order valence-corrected chi connectivity index (χ4v) is 3.03. The van der Waals surface area contributed by atoms with E-state index in [4.69, 9.17) is 9.47 Å². The van der Waals surface area contributed by atoms with E-state index in [-0.39, 0.29) is 18.5 Å². The van der Waals surface area contributed by atoms with E-state index in [1.807, 2.05) is 24.3 Å². The number of ether oxygens (including phenoxy) is 2. The van der Waals surface area contributed by atoms with Crippen LogP contribution in [0.15, 0.2) is 24.3 Å². The lowest BCUT2D eigenvalue weighted by Gasteiger charge is -2.24. The largest absolute Gasteiger partial charge is 0.468 e. The molecule has 1 saturated carbocycles. The molecule has 0 amide bonds. The number of hydrogen-bond acceptors (Lipinski definition) is 5. The average Bonchev–Trinajstić information content (AvgIpc) is 2.56. The maximum atomic E-state index is 11.9. The van der Waals surface area contributed by atoms with Crippen LogP contribution in [0.5, 0.6) is 5.75 Å². The Morgan fingerprint density at radius 2 is 2.09 bits per heavy atom. The number of benzene rings is 1. The van der Waals surface area contributed by atoms with Crippen LogP contribution in [-0.4, -0.2) is 42.1 Å². The summed E-state index contributed by atoms with van der Waals surface area (Å²) in [5.41, 5.74) is 1.16. The number of rotatable bonds is 6. The summed E-state index contributed by atoms with van der Waals surface area (Å²) in [4.78, 5) is 11.9. The Balaban J connectivity index is 1.88. The van der Waals surface area contributed by atoms with Gasteiger partial charge in [-0.2, -0.15) is 0 Å². The van der Waals surface area contributed by atoms with Crippen LogP contribution in [0.2, 0.25) is 0 Å². The predicted octanol–water partition coefficient (Wildman–Crippen LogP) is 2.08. The summed E-state index contributed by atoms with van der Waals surface area (Å²) in [6.07, 6.45) is 2.22. The molecule has 0 heterocycles. The lowest BCUT2D eigenvalue weighted by molar-refractivity contribution is -0.135. The fourth-order valence-electron chi connectivity index (χ4n) is 3.03. The second-order valence-electron chi connectivity index (χ2n) is 6.22. The number of aliphatic hydroxyl groups is 2. The molecule has 3 unspecified atom stereocenters. The first-order valence-corrected chi connectivity index (χ1v) is 8.19. The van der Waals surface area contributed by atoms with Crippen molar-refractivity contribution in [3.8, 4) is 5.75 Å². The molecule has 0 saturated heterocycles. The van der Waals surface area contributed by atoms with E-state index in [9.17, 15) is 15.0 Å². The Hall–Kier alpha value is -1.43. The van der Waals surface area contributed by atoms with Crippen LogP contribution in [0.25, 0.3) is 0 Å². The maximum absolute atomic E-state index is 11.9. The van der Waals surface area contributed by atoms with Crippen molar-refractivity contribution in [1.82, 2.24) is 0 Å². The zero-order chi connectivity index (χ0) is 16.7. The molecule has 1 fully saturated rings. The standard InChI is InChI=1S/C18H26O5/c1-22-12-23-15-6-2-4-13(10-15)8-9-14-5-3-7-16(19)18(21)17(20)11-14/h2,4,6,10,14,16,18-19,21H,3,5,7-9,11-12H2,1H3. The molecule has 0 aromatic heterocycles. The fraction of sp³-hybridized carbons (Fsp3) is 0.611. The first-order chi connectivity index (χ1) is 11.1. The number of hydrogen-bond donors (Lipinski definition) is 2. The molecule has 1 aromatic carbocycles. The minimum Gasteiger partial charge on any atom is -0.468 e. The number of methoxy groups -OCH3 is 1. The molecular formula is C18H26O5. The summed E-state index contributed by atoms with van der Waals surface area (Å²) >= 11 is 0. The third-order valence-electron chi connectivity index (χ3n) is 4.38. The van der Waals surface area contributed by atoms with Crippen LogP contribution in [0.4, 0.5) is 0 Å². The summed E-state index contributed by atoms with van der Waals surface area (Å²) in [7, 11) is 1.58. The van der Waals surface area contributed by atoms with E-state index in [2.05, 4.69) is 0 Å². The number of carbonyl (C=O) groups is 1. The molecule has 1 aromatic rings. The van der Waals surface area contributed by atoms with Gasteiger partial charge >= 0.3 is 0 Å². The minimum atomic E-state index is -1.22. The van der Waals surface area contributed by atoms with E-state index in [0.29, 0.717) is 12.8 Å². The molecule has 2 rings (SSSR count). The maximum Gasteiger partial charge on any atom is 0.188 e. The number of Topliss-reactive ketones (excluding diaryl/α,β-unsaturated/α-hetero) is 1. The molecular weight excluding hydrogens is 296 g/mol. The van der Waals surface area contributed by atoms with Crippen LogP contribution >= 0.6 is 0 Å². The minimum absolute atomic E-state index is 0.223. The Morgan fingerprint density at radius 3 is 2.87 bits per heavy atom. The quantitative estimate of drug-likeness (QED) is 0.784. The van der Waals surface area contributed by atoms with E-state index in [1.54, 1.807) is 7.11 Å². The summed E-state index contributed by atoms with van der Waals surface area (Å²) in [6.45, 7) is 0.223. The van der Waals surface area contributed by atoms with Crippen molar-refractivity contribution in [2.24, 2.45) is 5.92 Å². The van der Waals surface area contributed by atoms with Crippen molar-refractivity contribution < 1.29 is 24.5 Å². The molecule has 0 bridgehead atoms. The highest BCUT2D eigenvalue weighted by atomic mass is 16.7. The van der Waals surface area contributed by atoms with Gasteiger partial charge in [-0.1, -0.05) is 18.6 Å². The lowest BCUT2D eigenvalue weighted by Crippen LogP contribution is -2.36. The molecule has 1 aliphatic carbocycles. The zero-order valence-electron chi connectivity index (χ0n) is 13.6. The number of ketones is 1. The molecule has 5 nitrogen and oxygen atoms in total. The average molecular weight is 322 g/mol. The Kier molecular flexibility index (Phi) is 7.02. The van der Waals surface area contributed by atoms with Gasteiger partial charge in [0.15, 0.2) is 12.6 Å². The highest BCUT2D eigenvalue weighted by Gasteiger charge is 2.28. The topological polar surface area (TPSA) is 76.0 Å². The van der Waals surface area contributed by atoms with Gasteiger partial charge in [0, 0.05) is 13.5 Å². The third kappa shape index (κ3) is 5.61. The van der Waals surface area contributed by atoms with Crippen LogP contribution < -0.4 is 4.74 Å². The molecule has 0 spiro atoms. The van der Waals surface area contributed by atoms with E-state index in [0.717, 1.165) is 37.0 Å². The van der Waals surface area contributed by atoms with Crippen LogP contribution in [0, 0.1) is 5.92 Å². The molecule has 0 radical (unpaired) electrons. The molecule has 3 atom stereocenters. The normalized spacial score (nSPS) is 25.7. The van der Waals surface area contributed by atoms with Gasteiger partial charge in [0.2, 0.25) is 0 Å². The third-order valence-corrected chi connectivity index (χ3v) is 4.38. The number of carbonyl (C=O) groups excluding carboxylic acids is 1. The van der Waals surface area contributed by atoms with Gasteiger partial charge in [-0.3, -0.25) is 4.79 Å². The molecule has 0 aliphatic heterocycles. The number of aliphatic hydroxyl groups excluding tert-OH is 2. The van der Waals surface area contributed by atoms with Crippen molar-refractivity contribution in [3.63, 3.8) is 0 Å². The van der Waals surface area contributed by atoms with Gasteiger partial charge in [0.1, 0.15) is 11.9 Å². The van der Waals surface area contributed by atoms with E-state index < -0.39 is 12.2 Å². The van der Waals surface area contributed by atoms with Crippen molar-refractivity contribution in [1.29, 1.82) is 0 Å². The van der Waals surface area contributed by atoms with Gasteiger partial charge in [-0.05, 0) is 49.3 Å². The lowest BCUT2D eigenvalue weighted by atomic mass is 9.84. The predicted molar refractivity (Wildman–Crippen MR) is 86.2 cm³/mol. The highest BCUT2D eigenvalue weighted by Crippen LogP contribution is 2.25. The summed E-state index contributed by atoms with van der Waals surface area (Å²) in [5, 5.41) is 19.4. The molecule has 23 heavy (non-hydrogen) atoms. The van der Waals surface area contributed by atoms with E-state index >= 15 is 0 Å². The summed E-state index contributed by atoms with van der Waals surface area (Å²) in [6, 6.07) is 7.87. The first-order valence-electron chi connectivity index (χ1n) is 8.19. The molecule has 1 aliphatic rings. The van der Waals surface area contributed by atoms with Crippen LogP contribution in [0.1, 0.15) is 37.7 Å². The van der Waals surface area contributed by atoms with Gasteiger partial charge in [0.05, 0.1) is 6.10 Å². The van der Waals surface area contributed by atoms with Crippen molar-refractivity contribution in [3.05, 3.63) is 29.8 Å². The van der Waals surface area contributed by atoms with Crippen LogP contribution in [0.3, 0.4) is 0 Å². The van der Waals surface area contributed by atoms with Gasteiger partial charge in [-0.25, -0.2) is 0 Å². The highest BCUT2D eigenvalue weighted by molar-refractivity contribution is 5.83. The smallest absolute Gasteiger partial charge is 0.188 e. The van der Waals surface area contributed by atoms with Gasteiger partial charge in [0.25, 0.3) is 0 Å². The van der Waals surface area contributed by atoms with Crippen molar-refractivity contribution >= 4 is 5.78 Å². The Labute approximate surface area is 137 Å². The molecule has 5 heteroatoms. The molecule has 2 N–H and O–H groups in total. The SMILES string of the molecule is COCOc1cccc(CCC2CCCC(O)C(O)C(=O)C2)c1. The second kappa shape index (κ2) is 9.01. The Bertz CT molecular complexity index is 502.